The predicted octanol–water partition coefficient (Wildman–Crippen LogP) is 2.59. The van der Waals surface area contributed by atoms with Gasteiger partial charge in [-0.05, 0) is 25.8 Å². The number of benzene rings is 1. The van der Waals surface area contributed by atoms with Crippen molar-refractivity contribution in [1.82, 2.24) is 10.2 Å². The summed E-state index contributed by atoms with van der Waals surface area (Å²) in [5, 5.41) is 2.72. The number of amides is 2. The van der Waals surface area contributed by atoms with Crippen LogP contribution in [0.2, 0.25) is 0 Å². The van der Waals surface area contributed by atoms with E-state index in [4.69, 9.17) is 0 Å². The smallest absolute Gasteiger partial charge is 0.317 e. The monoisotopic (exact) mass is 232 g/mol. The Balaban J connectivity index is 2.26. The lowest BCUT2D eigenvalue weighted by atomic mass is 9.83. The second-order valence-corrected chi connectivity index (χ2v) is 5.11. The Morgan fingerprint density at radius 3 is 2.59 bits per heavy atom. The van der Waals surface area contributed by atoms with Crippen LogP contribution in [0, 0.1) is 0 Å². The minimum Gasteiger partial charge on any atom is -0.341 e. The van der Waals surface area contributed by atoms with Crippen LogP contribution >= 0.6 is 0 Å². The molecule has 2 rings (SSSR count). The van der Waals surface area contributed by atoms with Crippen molar-refractivity contribution in [3.63, 3.8) is 0 Å². The van der Waals surface area contributed by atoms with Gasteiger partial charge in [0.25, 0.3) is 0 Å². The van der Waals surface area contributed by atoms with E-state index in [1.807, 2.05) is 11.0 Å². The van der Waals surface area contributed by atoms with Crippen molar-refractivity contribution in [2.45, 2.75) is 31.7 Å². The molecule has 0 aromatic heterocycles. The highest BCUT2D eigenvalue weighted by Gasteiger charge is 2.43. The zero-order valence-electron chi connectivity index (χ0n) is 10.7. The van der Waals surface area contributed by atoms with E-state index in [9.17, 15) is 4.79 Å². The summed E-state index contributed by atoms with van der Waals surface area (Å²) in [6.07, 6.45) is 1.03. The van der Waals surface area contributed by atoms with Crippen molar-refractivity contribution < 1.29 is 4.79 Å². The average Bonchev–Trinajstić information content (AvgIpc) is 2.65. The van der Waals surface area contributed by atoms with Crippen molar-refractivity contribution in [1.29, 1.82) is 0 Å². The van der Waals surface area contributed by atoms with Gasteiger partial charge in [0.2, 0.25) is 0 Å². The van der Waals surface area contributed by atoms with E-state index in [0.717, 1.165) is 13.0 Å². The third kappa shape index (κ3) is 2.02. The van der Waals surface area contributed by atoms with E-state index in [0.29, 0.717) is 5.92 Å². The molecule has 0 saturated carbocycles. The summed E-state index contributed by atoms with van der Waals surface area (Å²) in [6, 6.07) is 10.5. The molecule has 0 aliphatic carbocycles. The van der Waals surface area contributed by atoms with E-state index in [-0.39, 0.29) is 11.6 Å². The number of hydrogen-bond acceptors (Lipinski definition) is 1. The molecule has 1 aromatic carbocycles. The fourth-order valence-electron chi connectivity index (χ4n) is 2.85. The van der Waals surface area contributed by atoms with Crippen molar-refractivity contribution in [3.05, 3.63) is 35.9 Å². The number of likely N-dealkylation sites (tertiary alicyclic amines) is 1. The number of carbonyl (C=O) groups excluding carboxylic acids is 1. The highest BCUT2D eigenvalue weighted by atomic mass is 16.2. The first kappa shape index (κ1) is 12.0. The molecule has 2 amide bonds. The molecule has 1 saturated heterocycles. The Labute approximate surface area is 103 Å². The Morgan fingerprint density at radius 1 is 1.35 bits per heavy atom. The van der Waals surface area contributed by atoms with E-state index in [1.54, 1.807) is 7.05 Å². The molecule has 1 heterocycles. The van der Waals surface area contributed by atoms with Crippen LogP contribution in [0.5, 0.6) is 0 Å². The average molecular weight is 232 g/mol. The van der Waals surface area contributed by atoms with Gasteiger partial charge >= 0.3 is 6.03 Å². The third-order valence-electron chi connectivity index (χ3n) is 3.85. The largest absolute Gasteiger partial charge is 0.341 e. The number of nitrogens with zero attached hydrogens (tertiary/aromatic N) is 1. The van der Waals surface area contributed by atoms with Crippen LogP contribution in [-0.2, 0) is 0 Å². The molecular formula is C14H20N2O. The van der Waals surface area contributed by atoms with Gasteiger partial charge in [-0.3, -0.25) is 0 Å². The van der Waals surface area contributed by atoms with E-state index in [1.165, 1.54) is 5.56 Å². The molecule has 1 N–H and O–H groups in total. The summed E-state index contributed by atoms with van der Waals surface area (Å²) < 4.78 is 0. The van der Waals surface area contributed by atoms with E-state index < -0.39 is 0 Å². The first-order valence-corrected chi connectivity index (χ1v) is 6.11. The van der Waals surface area contributed by atoms with Crippen molar-refractivity contribution in [2.24, 2.45) is 0 Å². The lowest BCUT2D eigenvalue weighted by Gasteiger charge is -2.36. The molecule has 1 fully saturated rings. The number of carbonyl (C=O) groups is 1. The molecule has 1 atom stereocenters. The summed E-state index contributed by atoms with van der Waals surface area (Å²) in [5.41, 5.74) is 1.20. The molecule has 1 aromatic rings. The van der Waals surface area contributed by atoms with Crippen LogP contribution in [0.3, 0.4) is 0 Å². The number of rotatable bonds is 1. The lowest BCUT2D eigenvalue weighted by Crippen LogP contribution is -2.48. The summed E-state index contributed by atoms with van der Waals surface area (Å²) >= 11 is 0. The van der Waals surface area contributed by atoms with Gasteiger partial charge in [0.15, 0.2) is 0 Å². The van der Waals surface area contributed by atoms with Gasteiger partial charge in [0.1, 0.15) is 0 Å². The number of nitrogens with one attached hydrogen (secondary N) is 1. The third-order valence-corrected chi connectivity index (χ3v) is 3.85. The summed E-state index contributed by atoms with van der Waals surface area (Å²) in [7, 11) is 1.69. The van der Waals surface area contributed by atoms with Gasteiger partial charge in [-0.15, -0.1) is 0 Å². The molecule has 1 aliphatic rings. The molecule has 17 heavy (non-hydrogen) atoms. The Hall–Kier alpha value is -1.51. The van der Waals surface area contributed by atoms with Crippen LogP contribution in [0.4, 0.5) is 4.79 Å². The second-order valence-electron chi connectivity index (χ2n) is 5.11. The summed E-state index contributed by atoms with van der Waals surface area (Å²) in [5.74, 6) is 0.418. The lowest BCUT2D eigenvalue weighted by molar-refractivity contribution is 0.161. The molecule has 1 unspecified atom stereocenters. The van der Waals surface area contributed by atoms with Crippen molar-refractivity contribution in [2.75, 3.05) is 13.6 Å². The SMILES string of the molecule is CNC(=O)N1CCC(c2ccccc2)C1(C)C. The Morgan fingerprint density at radius 2 is 2.00 bits per heavy atom. The van der Waals surface area contributed by atoms with Gasteiger partial charge in [0, 0.05) is 25.0 Å². The maximum atomic E-state index is 11.8. The van der Waals surface area contributed by atoms with Crippen LogP contribution < -0.4 is 5.32 Å². The molecule has 3 heteroatoms. The van der Waals surface area contributed by atoms with Gasteiger partial charge in [-0.1, -0.05) is 30.3 Å². The van der Waals surface area contributed by atoms with Crippen molar-refractivity contribution >= 4 is 6.03 Å². The van der Waals surface area contributed by atoms with Crippen LogP contribution in [0.15, 0.2) is 30.3 Å². The Bertz CT molecular complexity index is 400. The zero-order chi connectivity index (χ0) is 12.5. The van der Waals surface area contributed by atoms with Crippen LogP contribution in [0.1, 0.15) is 31.7 Å². The quantitative estimate of drug-likeness (QED) is 0.793. The fourth-order valence-corrected chi connectivity index (χ4v) is 2.85. The second kappa shape index (κ2) is 4.40. The van der Waals surface area contributed by atoms with Crippen molar-refractivity contribution in [3.8, 4) is 0 Å². The summed E-state index contributed by atoms with van der Waals surface area (Å²) in [4.78, 5) is 13.8. The normalized spacial score (nSPS) is 22.5. The minimum atomic E-state index is -0.124. The highest BCUT2D eigenvalue weighted by molar-refractivity contribution is 5.75. The van der Waals surface area contributed by atoms with Gasteiger partial charge in [0.05, 0.1) is 0 Å². The molecule has 92 valence electrons. The zero-order valence-corrected chi connectivity index (χ0v) is 10.7. The predicted molar refractivity (Wildman–Crippen MR) is 69.0 cm³/mol. The van der Waals surface area contributed by atoms with Crippen LogP contribution in [0.25, 0.3) is 0 Å². The van der Waals surface area contributed by atoms with Gasteiger partial charge < -0.3 is 10.2 Å². The maximum absolute atomic E-state index is 11.8. The molecule has 0 bridgehead atoms. The maximum Gasteiger partial charge on any atom is 0.317 e. The molecule has 1 aliphatic heterocycles. The first-order valence-electron chi connectivity index (χ1n) is 6.11. The molecule has 3 nitrogen and oxygen atoms in total. The van der Waals surface area contributed by atoms with Gasteiger partial charge in [-0.2, -0.15) is 0 Å². The number of urea groups is 1. The first-order chi connectivity index (χ1) is 8.07. The van der Waals surface area contributed by atoms with Crippen LogP contribution in [-0.4, -0.2) is 30.1 Å². The topological polar surface area (TPSA) is 32.3 Å². The van der Waals surface area contributed by atoms with E-state index >= 15 is 0 Å². The van der Waals surface area contributed by atoms with E-state index in [2.05, 4.69) is 43.4 Å². The standard InChI is InChI=1S/C14H20N2O/c1-14(2)12(11-7-5-4-6-8-11)9-10-16(14)13(17)15-3/h4-8,12H,9-10H2,1-3H3,(H,15,17). The molecule has 0 radical (unpaired) electrons. The Kier molecular flexibility index (Phi) is 3.09. The minimum absolute atomic E-state index is 0.0217. The fraction of sp³-hybridized carbons (Fsp3) is 0.500. The molecule has 0 spiro atoms. The van der Waals surface area contributed by atoms with Gasteiger partial charge in [-0.25, -0.2) is 4.79 Å². The highest BCUT2D eigenvalue weighted by Crippen LogP contribution is 2.41. The molecular weight excluding hydrogens is 212 g/mol. The number of hydrogen-bond donors (Lipinski definition) is 1. The summed E-state index contributed by atoms with van der Waals surface area (Å²) in [6.45, 7) is 5.12.